The molecule has 3 nitrogen and oxygen atoms in total. The van der Waals surface area contributed by atoms with E-state index < -0.39 is 0 Å². The van der Waals surface area contributed by atoms with Gasteiger partial charge in [0.1, 0.15) is 0 Å². The maximum Gasteiger partial charge on any atom is 0.233 e. The zero-order chi connectivity index (χ0) is 12.0. The predicted molar refractivity (Wildman–Crippen MR) is 68.6 cm³/mol. The zero-order valence-corrected chi connectivity index (χ0v) is 11.1. The lowest BCUT2D eigenvalue weighted by molar-refractivity contribution is -0.121. The first-order valence-corrected chi connectivity index (χ1v) is 7.14. The minimum absolute atomic E-state index is 0.0657. The molecular formula is C12H23NO2S. The average Bonchev–Trinajstić information content (AvgIpc) is 2.30. The number of nitrogens with one attached hydrogen (secondary N) is 1. The van der Waals surface area contributed by atoms with E-state index in [2.05, 4.69) is 5.32 Å². The van der Waals surface area contributed by atoms with E-state index in [4.69, 9.17) is 5.11 Å². The summed E-state index contributed by atoms with van der Waals surface area (Å²) < 4.78 is 0. The topological polar surface area (TPSA) is 49.3 Å². The van der Waals surface area contributed by atoms with Crippen molar-refractivity contribution in [1.82, 2.24) is 5.32 Å². The summed E-state index contributed by atoms with van der Waals surface area (Å²) in [7, 11) is 0. The van der Waals surface area contributed by atoms with Crippen molar-refractivity contribution >= 4 is 17.7 Å². The Kier molecular flexibility index (Phi) is 6.21. The Morgan fingerprint density at radius 2 is 2.00 bits per heavy atom. The molecule has 1 aliphatic rings. The van der Waals surface area contributed by atoms with Crippen LogP contribution in [-0.2, 0) is 4.79 Å². The summed E-state index contributed by atoms with van der Waals surface area (Å²) in [6.07, 6.45) is 6.02. The van der Waals surface area contributed by atoms with E-state index in [1.807, 2.05) is 13.8 Å². The van der Waals surface area contributed by atoms with E-state index in [9.17, 15) is 4.79 Å². The van der Waals surface area contributed by atoms with Crippen molar-refractivity contribution in [2.45, 2.75) is 62.5 Å². The second kappa shape index (κ2) is 7.17. The van der Waals surface area contributed by atoms with Crippen LogP contribution in [0, 0.1) is 0 Å². The molecule has 1 aliphatic carbocycles. The molecular weight excluding hydrogens is 222 g/mol. The zero-order valence-electron chi connectivity index (χ0n) is 10.2. The van der Waals surface area contributed by atoms with Gasteiger partial charge in [-0.2, -0.15) is 0 Å². The summed E-state index contributed by atoms with van der Waals surface area (Å²) in [6.45, 7) is 3.98. The second-order valence-electron chi connectivity index (χ2n) is 4.62. The smallest absolute Gasteiger partial charge is 0.233 e. The molecule has 0 spiro atoms. The highest BCUT2D eigenvalue weighted by Crippen LogP contribution is 2.20. The molecule has 94 valence electrons. The molecule has 0 aliphatic heterocycles. The van der Waals surface area contributed by atoms with Crippen molar-refractivity contribution < 1.29 is 9.90 Å². The van der Waals surface area contributed by atoms with Gasteiger partial charge in [-0.05, 0) is 19.8 Å². The third kappa shape index (κ3) is 4.74. The van der Waals surface area contributed by atoms with Gasteiger partial charge in [-0.3, -0.25) is 4.79 Å². The molecule has 1 saturated carbocycles. The minimum Gasteiger partial charge on any atom is -0.395 e. The summed E-state index contributed by atoms with van der Waals surface area (Å²) in [4.78, 5) is 11.8. The maximum atomic E-state index is 11.8. The number of aliphatic hydroxyl groups is 1. The van der Waals surface area contributed by atoms with Crippen LogP contribution < -0.4 is 5.32 Å². The molecule has 16 heavy (non-hydrogen) atoms. The van der Waals surface area contributed by atoms with Gasteiger partial charge in [-0.15, -0.1) is 11.8 Å². The van der Waals surface area contributed by atoms with Crippen LogP contribution in [0.25, 0.3) is 0 Å². The van der Waals surface area contributed by atoms with Gasteiger partial charge < -0.3 is 10.4 Å². The van der Waals surface area contributed by atoms with Gasteiger partial charge in [0.25, 0.3) is 0 Å². The van der Waals surface area contributed by atoms with Gasteiger partial charge in [-0.1, -0.05) is 26.2 Å². The van der Waals surface area contributed by atoms with Crippen LogP contribution in [0.2, 0.25) is 0 Å². The monoisotopic (exact) mass is 245 g/mol. The first-order valence-electron chi connectivity index (χ1n) is 6.20. The maximum absolute atomic E-state index is 11.8. The van der Waals surface area contributed by atoms with Crippen molar-refractivity contribution in [3.63, 3.8) is 0 Å². The van der Waals surface area contributed by atoms with Gasteiger partial charge in [0.15, 0.2) is 0 Å². The van der Waals surface area contributed by atoms with Crippen molar-refractivity contribution in [2.24, 2.45) is 0 Å². The third-order valence-corrected chi connectivity index (χ3v) is 4.25. The molecule has 1 rings (SSSR count). The Balaban J connectivity index is 2.27. The lowest BCUT2D eigenvalue weighted by atomic mass is 9.95. The molecule has 0 saturated heterocycles. The number of thioether (sulfide) groups is 1. The molecule has 2 N–H and O–H groups in total. The average molecular weight is 245 g/mol. The van der Waals surface area contributed by atoms with Gasteiger partial charge in [0.05, 0.1) is 11.9 Å². The van der Waals surface area contributed by atoms with Crippen LogP contribution in [0.4, 0.5) is 0 Å². The molecule has 0 aromatic carbocycles. The fourth-order valence-corrected chi connectivity index (χ4v) is 2.99. The SMILES string of the molecule is CC(CO)SC(C)C(=O)NC1CCCCC1. The number of hydrogen-bond donors (Lipinski definition) is 2. The minimum atomic E-state index is -0.0657. The van der Waals surface area contributed by atoms with Crippen molar-refractivity contribution in [3.05, 3.63) is 0 Å². The van der Waals surface area contributed by atoms with Gasteiger partial charge in [-0.25, -0.2) is 0 Å². The van der Waals surface area contributed by atoms with Crippen molar-refractivity contribution in [3.8, 4) is 0 Å². The lowest BCUT2D eigenvalue weighted by Crippen LogP contribution is -2.40. The molecule has 0 bridgehead atoms. The van der Waals surface area contributed by atoms with Crippen LogP contribution >= 0.6 is 11.8 Å². The first-order chi connectivity index (χ1) is 7.63. The summed E-state index contributed by atoms with van der Waals surface area (Å²) in [5.74, 6) is 0.122. The van der Waals surface area contributed by atoms with E-state index in [0.717, 1.165) is 12.8 Å². The summed E-state index contributed by atoms with van der Waals surface area (Å²) in [5, 5.41) is 12.1. The molecule has 0 radical (unpaired) electrons. The van der Waals surface area contributed by atoms with Crippen LogP contribution in [0.5, 0.6) is 0 Å². The molecule has 0 aromatic rings. The number of carbonyl (C=O) groups excluding carboxylic acids is 1. The highest BCUT2D eigenvalue weighted by Gasteiger charge is 2.21. The highest BCUT2D eigenvalue weighted by molar-refractivity contribution is 8.01. The van der Waals surface area contributed by atoms with E-state index >= 15 is 0 Å². The van der Waals surface area contributed by atoms with Gasteiger partial charge >= 0.3 is 0 Å². The van der Waals surface area contributed by atoms with E-state index in [0.29, 0.717) is 6.04 Å². The molecule has 1 amide bonds. The first kappa shape index (κ1) is 13.8. The third-order valence-electron chi connectivity index (χ3n) is 3.01. The van der Waals surface area contributed by atoms with Crippen LogP contribution in [0.15, 0.2) is 0 Å². The Bertz CT molecular complexity index is 217. The standard InChI is InChI=1S/C12H23NO2S/c1-9(8-14)16-10(2)12(15)13-11-6-4-3-5-7-11/h9-11,14H,3-8H2,1-2H3,(H,13,15). The number of hydrogen-bond acceptors (Lipinski definition) is 3. The molecule has 4 heteroatoms. The Morgan fingerprint density at radius 3 is 2.56 bits per heavy atom. The predicted octanol–water partition coefficient (Wildman–Crippen LogP) is 1.94. The summed E-state index contributed by atoms with van der Waals surface area (Å²) in [6, 6.07) is 0.383. The van der Waals surface area contributed by atoms with Crippen molar-refractivity contribution in [1.29, 1.82) is 0 Å². The normalized spacial score (nSPS) is 21.4. The quantitative estimate of drug-likeness (QED) is 0.778. The lowest BCUT2D eigenvalue weighted by Gasteiger charge is -2.24. The highest BCUT2D eigenvalue weighted by atomic mass is 32.2. The second-order valence-corrected chi connectivity index (χ2v) is 6.40. The fourth-order valence-electron chi connectivity index (χ4n) is 2.02. The number of aliphatic hydroxyl groups excluding tert-OH is 1. The molecule has 2 unspecified atom stereocenters. The Morgan fingerprint density at radius 1 is 1.38 bits per heavy atom. The van der Waals surface area contributed by atoms with E-state index in [1.165, 1.54) is 31.0 Å². The molecule has 0 heterocycles. The molecule has 2 atom stereocenters. The summed E-state index contributed by atoms with van der Waals surface area (Å²) in [5.41, 5.74) is 0. The molecule has 0 aromatic heterocycles. The van der Waals surface area contributed by atoms with Gasteiger partial charge in [0.2, 0.25) is 5.91 Å². The van der Waals surface area contributed by atoms with Gasteiger partial charge in [0, 0.05) is 11.3 Å². The largest absolute Gasteiger partial charge is 0.395 e. The summed E-state index contributed by atoms with van der Waals surface area (Å²) >= 11 is 1.53. The van der Waals surface area contributed by atoms with Crippen LogP contribution in [-0.4, -0.2) is 34.2 Å². The molecule has 1 fully saturated rings. The number of rotatable bonds is 5. The Hall–Kier alpha value is -0.220. The number of amides is 1. The number of carbonyl (C=O) groups is 1. The van der Waals surface area contributed by atoms with E-state index in [-0.39, 0.29) is 23.0 Å². The van der Waals surface area contributed by atoms with Crippen LogP contribution in [0.1, 0.15) is 46.0 Å². The van der Waals surface area contributed by atoms with Crippen molar-refractivity contribution in [2.75, 3.05) is 6.61 Å². The van der Waals surface area contributed by atoms with E-state index in [1.54, 1.807) is 0 Å². The fraction of sp³-hybridized carbons (Fsp3) is 0.917. The van der Waals surface area contributed by atoms with Crippen LogP contribution in [0.3, 0.4) is 0 Å². The Labute approximate surface area is 102 Å².